The van der Waals surface area contributed by atoms with Crippen LogP contribution in [0.2, 0.25) is 0 Å². The number of unbranched alkanes of at least 4 members (excludes halogenated alkanes) is 1. The minimum Gasteiger partial charge on any atom is -0.469 e. The highest BCUT2D eigenvalue weighted by Crippen LogP contribution is 2.40. The maximum Gasteiger partial charge on any atom is 0.305 e. The van der Waals surface area contributed by atoms with Crippen molar-refractivity contribution >= 4 is 23.9 Å². The molecule has 2 aliphatic rings. The molecule has 2 rings (SSSR count). The Balaban J connectivity index is 1.77. The molecular formula is C19H29ClO5. The number of aldehydes is 1. The van der Waals surface area contributed by atoms with Crippen LogP contribution in [-0.2, 0) is 23.8 Å². The molecule has 1 saturated heterocycles. The van der Waals surface area contributed by atoms with Gasteiger partial charge in [-0.05, 0) is 50.9 Å². The van der Waals surface area contributed by atoms with Crippen molar-refractivity contribution in [2.45, 2.75) is 69.1 Å². The van der Waals surface area contributed by atoms with Crippen LogP contribution in [0.25, 0.3) is 0 Å². The van der Waals surface area contributed by atoms with Crippen LogP contribution in [0.4, 0.5) is 0 Å². The average molecular weight is 373 g/mol. The van der Waals surface area contributed by atoms with Crippen molar-refractivity contribution in [1.82, 2.24) is 0 Å². The van der Waals surface area contributed by atoms with Crippen LogP contribution in [0.15, 0.2) is 12.2 Å². The number of rotatable bonds is 9. The summed E-state index contributed by atoms with van der Waals surface area (Å²) in [5, 5.41) is -0.0662. The number of ether oxygens (including phenoxy) is 3. The third-order valence-electron chi connectivity index (χ3n) is 5.02. The summed E-state index contributed by atoms with van der Waals surface area (Å²) in [6, 6.07) is 0. The fourth-order valence-electron chi connectivity index (χ4n) is 3.56. The van der Waals surface area contributed by atoms with E-state index >= 15 is 0 Å². The van der Waals surface area contributed by atoms with Crippen molar-refractivity contribution in [3.05, 3.63) is 12.2 Å². The number of esters is 1. The third-order valence-corrected chi connectivity index (χ3v) is 5.52. The summed E-state index contributed by atoms with van der Waals surface area (Å²) in [5.41, 5.74) is 0. The molecule has 2 fully saturated rings. The smallest absolute Gasteiger partial charge is 0.305 e. The molecule has 0 aromatic carbocycles. The van der Waals surface area contributed by atoms with Gasteiger partial charge in [-0.1, -0.05) is 12.2 Å². The molecular weight excluding hydrogens is 344 g/mol. The quantitative estimate of drug-likeness (QED) is 0.203. The van der Waals surface area contributed by atoms with Gasteiger partial charge in [-0.15, -0.1) is 11.6 Å². The van der Waals surface area contributed by atoms with Crippen LogP contribution in [0.3, 0.4) is 0 Å². The number of carbonyl (C=O) groups excluding carboxylic acids is 2. The molecule has 0 bridgehead atoms. The lowest BCUT2D eigenvalue weighted by molar-refractivity contribution is -0.194. The van der Waals surface area contributed by atoms with E-state index in [1.807, 2.05) is 6.08 Å². The highest BCUT2D eigenvalue weighted by atomic mass is 35.5. The number of allylic oxidation sites excluding steroid dienone is 2. The Labute approximate surface area is 155 Å². The van der Waals surface area contributed by atoms with Crippen molar-refractivity contribution < 1.29 is 23.8 Å². The van der Waals surface area contributed by atoms with Gasteiger partial charge in [0.05, 0.1) is 13.2 Å². The molecule has 1 saturated carbocycles. The van der Waals surface area contributed by atoms with Crippen molar-refractivity contribution in [1.29, 1.82) is 0 Å². The molecule has 1 aliphatic heterocycles. The Bertz CT molecular complexity index is 447. The monoisotopic (exact) mass is 372 g/mol. The Morgan fingerprint density at radius 1 is 1.32 bits per heavy atom. The minimum absolute atomic E-state index is 0.0662. The number of carbonyl (C=O) groups is 2. The number of hydrogen-bond donors (Lipinski definition) is 0. The van der Waals surface area contributed by atoms with Gasteiger partial charge < -0.3 is 19.0 Å². The molecule has 0 amide bonds. The molecule has 5 atom stereocenters. The zero-order valence-corrected chi connectivity index (χ0v) is 15.7. The Hall–Kier alpha value is -0.910. The van der Waals surface area contributed by atoms with Gasteiger partial charge in [0, 0.05) is 24.3 Å². The second-order valence-electron chi connectivity index (χ2n) is 6.78. The van der Waals surface area contributed by atoms with Gasteiger partial charge in [0.15, 0.2) is 6.29 Å². The molecule has 1 aliphatic carbocycles. The normalized spacial score (nSPS) is 32.8. The predicted molar refractivity (Wildman–Crippen MR) is 95.4 cm³/mol. The summed E-state index contributed by atoms with van der Waals surface area (Å²) in [4.78, 5) is 22.7. The number of alkyl halides is 1. The van der Waals surface area contributed by atoms with E-state index < -0.39 is 0 Å². The van der Waals surface area contributed by atoms with E-state index in [9.17, 15) is 9.59 Å². The average Bonchev–Trinajstić information content (AvgIpc) is 2.92. The van der Waals surface area contributed by atoms with Crippen molar-refractivity contribution in [2.24, 2.45) is 11.8 Å². The van der Waals surface area contributed by atoms with E-state index in [1.54, 1.807) is 0 Å². The maximum atomic E-state index is 11.6. The van der Waals surface area contributed by atoms with E-state index in [-0.39, 0.29) is 35.6 Å². The van der Waals surface area contributed by atoms with Crippen LogP contribution in [0.5, 0.6) is 0 Å². The first-order chi connectivity index (χ1) is 12.2. The van der Waals surface area contributed by atoms with Gasteiger partial charge in [-0.25, -0.2) is 0 Å². The first kappa shape index (κ1) is 20.4. The molecule has 5 nitrogen and oxygen atoms in total. The Morgan fingerprint density at radius 2 is 2.16 bits per heavy atom. The molecule has 0 N–H and O–H groups in total. The van der Waals surface area contributed by atoms with Crippen LogP contribution in [0.1, 0.15) is 51.4 Å². The first-order valence-corrected chi connectivity index (χ1v) is 9.67. The highest BCUT2D eigenvalue weighted by Gasteiger charge is 2.43. The molecule has 142 valence electrons. The van der Waals surface area contributed by atoms with Crippen LogP contribution >= 0.6 is 11.6 Å². The van der Waals surface area contributed by atoms with Crippen molar-refractivity contribution in [3.8, 4) is 0 Å². The van der Waals surface area contributed by atoms with Crippen molar-refractivity contribution in [3.63, 3.8) is 0 Å². The SMILES string of the molecule is COC(=O)CCC/C=C\C[C@@H]1[C@@H](C=O)[C@H](OC2CCCCO2)C[C@@H]1Cl. The summed E-state index contributed by atoms with van der Waals surface area (Å²) in [6.45, 7) is 0.727. The Morgan fingerprint density at radius 3 is 2.84 bits per heavy atom. The molecule has 0 aromatic heterocycles. The molecule has 0 spiro atoms. The summed E-state index contributed by atoms with van der Waals surface area (Å²) in [5.74, 6) is -0.284. The van der Waals surface area contributed by atoms with Gasteiger partial charge in [-0.2, -0.15) is 0 Å². The van der Waals surface area contributed by atoms with Gasteiger partial charge in [0.2, 0.25) is 0 Å². The van der Waals surface area contributed by atoms with E-state index in [0.29, 0.717) is 12.8 Å². The third kappa shape index (κ3) is 6.39. The lowest BCUT2D eigenvalue weighted by atomic mass is 9.92. The Kier molecular flexibility index (Phi) is 8.93. The van der Waals surface area contributed by atoms with Crippen LogP contribution < -0.4 is 0 Å². The molecule has 25 heavy (non-hydrogen) atoms. The second-order valence-corrected chi connectivity index (χ2v) is 7.34. The number of hydrogen-bond acceptors (Lipinski definition) is 5. The van der Waals surface area contributed by atoms with E-state index in [2.05, 4.69) is 10.8 Å². The molecule has 0 radical (unpaired) electrons. The molecule has 1 heterocycles. The number of halogens is 1. The molecule has 0 aromatic rings. The fraction of sp³-hybridized carbons (Fsp3) is 0.789. The lowest BCUT2D eigenvalue weighted by Crippen LogP contribution is -2.31. The maximum absolute atomic E-state index is 11.6. The van der Waals surface area contributed by atoms with Gasteiger partial charge in [-0.3, -0.25) is 4.79 Å². The van der Waals surface area contributed by atoms with Gasteiger partial charge in [0.1, 0.15) is 6.29 Å². The number of methoxy groups -OCH3 is 1. The zero-order chi connectivity index (χ0) is 18.1. The minimum atomic E-state index is -0.197. The van der Waals surface area contributed by atoms with E-state index in [1.165, 1.54) is 7.11 Å². The van der Waals surface area contributed by atoms with Gasteiger partial charge >= 0.3 is 5.97 Å². The van der Waals surface area contributed by atoms with E-state index in [0.717, 1.165) is 51.4 Å². The zero-order valence-electron chi connectivity index (χ0n) is 14.9. The fourth-order valence-corrected chi connectivity index (χ4v) is 4.01. The highest BCUT2D eigenvalue weighted by molar-refractivity contribution is 6.21. The largest absolute Gasteiger partial charge is 0.469 e. The standard InChI is InChI=1S/C19H29ClO5/c1-23-18(22)9-5-3-2-4-8-14-15(13-21)17(12-16(14)20)25-19-10-6-7-11-24-19/h2,4,13-17,19H,3,5-12H2,1H3/b4-2-/t14-,15-,16+,17-,19?/m1/s1. The summed E-state index contributed by atoms with van der Waals surface area (Å²) < 4.78 is 16.3. The molecule has 6 heteroatoms. The summed E-state index contributed by atoms with van der Waals surface area (Å²) in [6.07, 6.45) is 11.3. The summed E-state index contributed by atoms with van der Waals surface area (Å²) in [7, 11) is 1.40. The second kappa shape index (κ2) is 10.9. The topological polar surface area (TPSA) is 61.8 Å². The van der Waals surface area contributed by atoms with E-state index in [4.69, 9.17) is 21.1 Å². The van der Waals surface area contributed by atoms with Crippen LogP contribution in [0, 0.1) is 11.8 Å². The van der Waals surface area contributed by atoms with Crippen molar-refractivity contribution in [2.75, 3.05) is 13.7 Å². The summed E-state index contributed by atoms with van der Waals surface area (Å²) >= 11 is 6.49. The van der Waals surface area contributed by atoms with Gasteiger partial charge in [0.25, 0.3) is 0 Å². The van der Waals surface area contributed by atoms with Crippen LogP contribution in [-0.4, -0.2) is 43.7 Å². The predicted octanol–water partition coefficient (Wildman–Crippen LogP) is 3.63. The molecule has 1 unspecified atom stereocenters. The first-order valence-electron chi connectivity index (χ1n) is 9.24. The lowest BCUT2D eigenvalue weighted by Gasteiger charge is -2.28.